The second-order valence-electron chi connectivity index (χ2n) is 6.39. The van der Waals surface area contributed by atoms with E-state index in [0.29, 0.717) is 11.4 Å². The van der Waals surface area contributed by atoms with E-state index in [-0.39, 0.29) is 0 Å². The zero-order chi connectivity index (χ0) is 19.0. The minimum atomic E-state index is -3.37. The van der Waals surface area contributed by atoms with Crippen molar-refractivity contribution in [2.45, 2.75) is 0 Å². The lowest BCUT2D eigenvalue weighted by molar-refractivity contribution is 0.600. The molecule has 0 radical (unpaired) electrons. The predicted molar refractivity (Wildman–Crippen MR) is 112 cm³/mol. The molecule has 0 bridgehead atoms. The van der Waals surface area contributed by atoms with E-state index in [1.807, 2.05) is 66.7 Å². The SMILES string of the molecule is CN(c1ccccc1Nc1c2ccccc2nc2ccccc12)S(C)(=O)=O. The fourth-order valence-electron chi connectivity index (χ4n) is 3.14. The molecule has 0 aliphatic rings. The van der Waals surface area contributed by atoms with Crippen molar-refractivity contribution in [1.82, 2.24) is 4.98 Å². The van der Waals surface area contributed by atoms with E-state index in [0.717, 1.165) is 27.5 Å². The van der Waals surface area contributed by atoms with Crippen LogP contribution in [-0.2, 0) is 10.0 Å². The second kappa shape index (κ2) is 6.55. The van der Waals surface area contributed by atoms with Gasteiger partial charge in [0.1, 0.15) is 0 Å². The first-order chi connectivity index (χ1) is 12.9. The quantitative estimate of drug-likeness (QED) is 0.531. The van der Waals surface area contributed by atoms with Crippen LogP contribution in [0.4, 0.5) is 17.1 Å². The minimum absolute atomic E-state index is 0.588. The summed E-state index contributed by atoms with van der Waals surface area (Å²) in [5, 5.41) is 5.42. The van der Waals surface area contributed by atoms with Crippen molar-refractivity contribution in [3.05, 3.63) is 72.8 Å². The van der Waals surface area contributed by atoms with Crippen LogP contribution in [0.5, 0.6) is 0 Å². The molecule has 27 heavy (non-hydrogen) atoms. The molecule has 3 aromatic carbocycles. The molecule has 136 valence electrons. The number of para-hydroxylation sites is 4. The first kappa shape index (κ1) is 17.3. The molecule has 0 aliphatic heterocycles. The van der Waals surface area contributed by atoms with E-state index >= 15 is 0 Å². The number of hydrogen-bond acceptors (Lipinski definition) is 4. The van der Waals surface area contributed by atoms with E-state index in [9.17, 15) is 8.42 Å². The average molecular weight is 377 g/mol. The molecule has 4 rings (SSSR count). The van der Waals surface area contributed by atoms with Crippen molar-refractivity contribution in [3.8, 4) is 0 Å². The summed E-state index contributed by atoms with van der Waals surface area (Å²) in [6.07, 6.45) is 1.20. The maximum atomic E-state index is 12.0. The average Bonchev–Trinajstić information content (AvgIpc) is 2.67. The van der Waals surface area contributed by atoms with Gasteiger partial charge < -0.3 is 5.32 Å². The molecule has 5 nitrogen and oxygen atoms in total. The smallest absolute Gasteiger partial charge is 0.232 e. The Balaban J connectivity index is 1.95. The fourth-order valence-corrected chi connectivity index (χ4v) is 3.66. The highest BCUT2D eigenvalue weighted by Gasteiger charge is 2.17. The van der Waals surface area contributed by atoms with E-state index in [1.54, 1.807) is 13.1 Å². The normalized spacial score (nSPS) is 11.6. The summed E-state index contributed by atoms with van der Waals surface area (Å²) in [7, 11) is -1.82. The molecule has 4 aromatic rings. The van der Waals surface area contributed by atoms with E-state index < -0.39 is 10.0 Å². The summed E-state index contributed by atoms with van der Waals surface area (Å²) in [4.78, 5) is 4.73. The number of sulfonamides is 1. The molecule has 1 aromatic heterocycles. The molecule has 0 unspecified atom stereocenters. The first-order valence-electron chi connectivity index (χ1n) is 8.52. The number of nitrogens with zero attached hydrogens (tertiary/aromatic N) is 2. The predicted octanol–water partition coefficient (Wildman–Crippen LogP) is 4.53. The summed E-state index contributed by atoms with van der Waals surface area (Å²) in [5.74, 6) is 0. The Morgan fingerprint density at radius 1 is 0.815 bits per heavy atom. The Morgan fingerprint density at radius 3 is 1.93 bits per heavy atom. The van der Waals surface area contributed by atoms with Crippen molar-refractivity contribution >= 4 is 48.9 Å². The number of anilines is 3. The molecular weight excluding hydrogens is 358 g/mol. The standard InChI is InChI=1S/C21H19N3O2S/c1-24(27(2,25)26)20-14-8-7-13-19(20)23-21-15-9-3-5-11-17(15)22-18-12-6-4-10-16(18)21/h3-14H,1-2H3,(H,22,23). The maximum absolute atomic E-state index is 12.0. The van der Waals surface area contributed by atoms with Crippen molar-refractivity contribution in [1.29, 1.82) is 0 Å². The largest absolute Gasteiger partial charge is 0.353 e. The Kier molecular flexibility index (Phi) is 4.20. The molecule has 0 atom stereocenters. The van der Waals surface area contributed by atoms with Gasteiger partial charge in [-0.3, -0.25) is 4.31 Å². The lowest BCUT2D eigenvalue weighted by atomic mass is 10.1. The lowest BCUT2D eigenvalue weighted by Crippen LogP contribution is -2.25. The summed E-state index contributed by atoms with van der Waals surface area (Å²) >= 11 is 0. The van der Waals surface area contributed by atoms with Gasteiger partial charge >= 0.3 is 0 Å². The summed E-state index contributed by atoms with van der Waals surface area (Å²) in [6.45, 7) is 0. The Morgan fingerprint density at radius 2 is 1.33 bits per heavy atom. The van der Waals surface area contributed by atoms with Crippen LogP contribution < -0.4 is 9.62 Å². The maximum Gasteiger partial charge on any atom is 0.232 e. The molecule has 0 saturated heterocycles. The number of nitrogens with one attached hydrogen (secondary N) is 1. The number of benzene rings is 3. The number of fused-ring (bicyclic) bond motifs is 2. The third-order valence-corrected chi connectivity index (χ3v) is 5.78. The molecular formula is C21H19N3O2S. The van der Waals surface area contributed by atoms with Crippen molar-refractivity contribution in [2.24, 2.45) is 0 Å². The van der Waals surface area contributed by atoms with Gasteiger partial charge in [0.05, 0.1) is 34.4 Å². The van der Waals surface area contributed by atoms with Crippen LogP contribution in [0.25, 0.3) is 21.8 Å². The molecule has 0 amide bonds. The Bertz CT molecular complexity index is 1200. The van der Waals surface area contributed by atoms with Gasteiger partial charge in [-0.05, 0) is 24.3 Å². The summed E-state index contributed by atoms with van der Waals surface area (Å²) in [6, 6.07) is 23.2. The van der Waals surface area contributed by atoms with Crippen molar-refractivity contribution in [3.63, 3.8) is 0 Å². The van der Waals surface area contributed by atoms with E-state index in [2.05, 4.69) is 5.32 Å². The zero-order valence-corrected chi connectivity index (χ0v) is 15.9. The van der Waals surface area contributed by atoms with Gasteiger partial charge in [0.25, 0.3) is 0 Å². The van der Waals surface area contributed by atoms with Crippen molar-refractivity contribution in [2.75, 3.05) is 22.9 Å². The van der Waals surface area contributed by atoms with Crippen LogP contribution in [-0.4, -0.2) is 26.7 Å². The zero-order valence-electron chi connectivity index (χ0n) is 15.0. The van der Waals surface area contributed by atoms with Gasteiger partial charge in [0, 0.05) is 17.8 Å². The van der Waals surface area contributed by atoms with Gasteiger partial charge in [0.2, 0.25) is 10.0 Å². The molecule has 6 heteroatoms. The number of rotatable bonds is 4. The highest BCUT2D eigenvalue weighted by Crippen LogP contribution is 2.36. The highest BCUT2D eigenvalue weighted by atomic mass is 32.2. The van der Waals surface area contributed by atoms with Gasteiger partial charge in [-0.1, -0.05) is 48.5 Å². The highest BCUT2D eigenvalue weighted by molar-refractivity contribution is 7.92. The monoisotopic (exact) mass is 377 g/mol. The fraction of sp³-hybridized carbons (Fsp3) is 0.0952. The van der Waals surface area contributed by atoms with Crippen molar-refractivity contribution < 1.29 is 8.42 Å². The van der Waals surface area contributed by atoms with Crippen LogP contribution in [0.3, 0.4) is 0 Å². The Labute approximate surface area is 158 Å². The van der Waals surface area contributed by atoms with Crippen LogP contribution in [0.15, 0.2) is 72.8 Å². The first-order valence-corrected chi connectivity index (χ1v) is 10.4. The van der Waals surface area contributed by atoms with Crippen LogP contribution in [0, 0.1) is 0 Å². The topological polar surface area (TPSA) is 62.3 Å². The summed E-state index contributed by atoms with van der Waals surface area (Å²) in [5.41, 5.74) is 3.97. The third-order valence-electron chi connectivity index (χ3n) is 4.59. The molecule has 0 spiro atoms. The third kappa shape index (κ3) is 3.19. The van der Waals surface area contributed by atoms with Gasteiger partial charge in [0.15, 0.2) is 0 Å². The van der Waals surface area contributed by atoms with Gasteiger partial charge in [-0.15, -0.1) is 0 Å². The molecule has 0 saturated carbocycles. The molecule has 0 fully saturated rings. The molecule has 0 aliphatic carbocycles. The summed E-state index contributed by atoms with van der Waals surface area (Å²) < 4.78 is 25.4. The Hall–Kier alpha value is -3.12. The van der Waals surface area contributed by atoms with Gasteiger partial charge in [-0.2, -0.15) is 0 Å². The number of hydrogen-bond donors (Lipinski definition) is 1. The molecule has 1 N–H and O–H groups in total. The minimum Gasteiger partial charge on any atom is -0.353 e. The number of pyridine rings is 1. The van der Waals surface area contributed by atoms with E-state index in [4.69, 9.17) is 4.98 Å². The van der Waals surface area contributed by atoms with Crippen LogP contribution >= 0.6 is 0 Å². The second-order valence-corrected chi connectivity index (χ2v) is 8.41. The van der Waals surface area contributed by atoms with Crippen LogP contribution in [0.1, 0.15) is 0 Å². The van der Waals surface area contributed by atoms with Gasteiger partial charge in [-0.25, -0.2) is 13.4 Å². The number of aromatic nitrogens is 1. The molecule has 1 heterocycles. The van der Waals surface area contributed by atoms with Crippen LogP contribution in [0.2, 0.25) is 0 Å². The lowest BCUT2D eigenvalue weighted by Gasteiger charge is -2.22. The van der Waals surface area contributed by atoms with E-state index in [1.165, 1.54) is 10.6 Å².